The SMILES string of the molecule is NS(=O)(=O)CCCn1[nH]nnc1=S. The van der Waals surface area contributed by atoms with Gasteiger partial charge < -0.3 is 0 Å². The average molecular weight is 223 g/mol. The number of aryl methyl sites for hydroxylation is 1. The molecule has 0 aliphatic heterocycles. The van der Waals surface area contributed by atoms with E-state index in [0.717, 1.165) is 0 Å². The maximum Gasteiger partial charge on any atom is 0.238 e. The molecule has 0 fully saturated rings. The maximum atomic E-state index is 10.5. The highest BCUT2D eigenvalue weighted by molar-refractivity contribution is 7.89. The average Bonchev–Trinajstić information content (AvgIpc) is 2.34. The molecule has 1 heterocycles. The summed E-state index contributed by atoms with van der Waals surface area (Å²) in [5.41, 5.74) is 0. The predicted molar refractivity (Wildman–Crippen MR) is 47.8 cm³/mol. The lowest BCUT2D eigenvalue weighted by atomic mass is 10.5. The molecule has 74 valence electrons. The molecule has 9 heteroatoms. The molecule has 0 atom stereocenters. The maximum absolute atomic E-state index is 10.5. The van der Waals surface area contributed by atoms with Crippen LogP contribution in [0.4, 0.5) is 0 Å². The Hall–Kier alpha value is -0.800. The van der Waals surface area contributed by atoms with E-state index in [9.17, 15) is 8.42 Å². The lowest BCUT2D eigenvalue weighted by molar-refractivity contribution is 0.558. The fourth-order valence-corrected chi connectivity index (χ4v) is 1.49. The second kappa shape index (κ2) is 3.94. The van der Waals surface area contributed by atoms with Crippen LogP contribution in [0, 0.1) is 4.77 Å². The van der Waals surface area contributed by atoms with E-state index in [0.29, 0.717) is 17.7 Å². The first-order chi connectivity index (χ1) is 5.99. The Bertz CT molecular complexity index is 418. The fraction of sp³-hybridized carbons (Fsp3) is 0.750. The third-order valence-electron chi connectivity index (χ3n) is 1.34. The Balaban J connectivity index is 2.46. The molecule has 0 saturated heterocycles. The van der Waals surface area contributed by atoms with Gasteiger partial charge in [0, 0.05) is 6.54 Å². The minimum atomic E-state index is -3.39. The highest BCUT2D eigenvalue weighted by Crippen LogP contribution is 1.91. The summed E-state index contributed by atoms with van der Waals surface area (Å²) in [7, 11) is -3.39. The smallest absolute Gasteiger partial charge is 0.238 e. The van der Waals surface area contributed by atoms with Gasteiger partial charge in [-0.15, -0.1) is 0 Å². The number of tetrazole rings is 1. The van der Waals surface area contributed by atoms with E-state index >= 15 is 0 Å². The van der Waals surface area contributed by atoms with Gasteiger partial charge in [0.15, 0.2) is 0 Å². The minimum absolute atomic E-state index is 0.0756. The highest BCUT2D eigenvalue weighted by Gasteiger charge is 2.02. The zero-order valence-corrected chi connectivity index (χ0v) is 8.31. The van der Waals surface area contributed by atoms with E-state index in [-0.39, 0.29) is 5.75 Å². The first-order valence-electron chi connectivity index (χ1n) is 3.47. The number of aromatic amines is 1. The number of nitrogens with two attached hydrogens (primary N) is 1. The van der Waals surface area contributed by atoms with Crippen molar-refractivity contribution >= 4 is 22.2 Å². The van der Waals surface area contributed by atoms with Crippen molar-refractivity contribution in [2.24, 2.45) is 5.14 Å². The molecule has 0 radical (unpaired) electrons. The molecule has 0 bridgehead atoms. The lowest BCUT2D eigenvalue weighted by Crippen LogP contribution is -2.18. The topological polar surface area (TPSA) is 107 Å². The molecule has 3 N–H and O–H groups in total. The first kappa shape index (κ1) is 10.3. The summed E-state index contributed by atoms with van der Waals surface area (Å²) in [6, 6.07) is 0. The molecule has 0 unspecified atom stereocenters. The van der Waals surface area contributed by atoms with E-state index in [1.54, 1.807) is 0 Å². The fourth-order valence-electron chi connectivity index (χ4n) is 0.785. The molecule has 0 spiro atoms. The second-order valence-corrected chi connectivity index (χ2v) is 4.55. The van der Waals surface area contributed by atoms with Crippen molar-refractivity contribution in [3.05, 3.63) is 4.77 Å². The summed E-state index contributed by atoms with van der Waals surface area (Å²) >= 11 is 4.77. The molecular weight excluding hydrogens is 214 g/mol. The van der Waals surface area contributed by atoms with Crippen LogP contribution in [0.5, 0.6) is 0 Å². The van der Waals surface area contributed by atoms with Crippen molar-refractivity contribution in [2.75, 3.05) is 5.75 Å². The van der Waals surface area contributed by atoms with Gasteiger partial charge in [0.2, 0.25) is 14.8 Å². The molecule has 13 heavy (non-hydrogen) atoms. The van der Waals surface area contributed by atoms with Crippen molar-refractivity contribution in [3.63, 3.8) is 0 Å². The predicted octanol–water partition coefficient (Wildman–Crippen LogP) is -0.986. The second-order valence-electron chi connectivity index (χ2n) is 2.45. The number of nitrogens with zero attached hydrogens (tertiary/aromatic N) is 3. The third kappa shape index (κ3) is 3.61. The number of hydrogen-bond acceptors (Lipinski definition) is 5. The summed E-state index contributed by atoms with van der Waals surface area (Å²) in [6.07, 6.45) is 0.386. The number of sulfonamides is 1. The van der Waals surface area contributed by atoms with Gasteiger partial charge in [0.25, 0.3) is 0 Å². The van der Waals surface area contributed by atoms with E-state index in [1.807, 2.05) is 0 Å². The van der Waals surface area contributed by atoms with E-state index in [2.05, 4.69) is 15.5 Å². The highest BCUT2D eigenvalue weighted by atomic mass is 32.2. The van der Waals surface area contributed by atoms with Crippen LogP contribution in [0.15, 0.2) is 0 Å². The van der Waals surface area contributed by atoms with Gasteiger partial charge in [-0.05, 0) is 18.6 Å². The van der Waals surface area contributed by atoms with Gasteiger partial charge in [-0.1, -0.05) is 10.3 Å². The molecule has 1 rings (SSSR count). The van der Waals surface area contributed by atoms with Crippen LogP contribution in [0.1, 0.15) is 6.42 Å². The van der Waals surface area contributed by atoms with Crippen LogP contribution >= 0.6 is 12.2 Å². The van der Waals surface area contributed by atoms with Gasteiger partial charge in [-0.25, -0.2) is 18.2 Å². The molecule has 0 aliphatic rings. The van der Waals surface area contributed by atoms with Crippen molar-refractivity contribution in [1.29, 1.82) is 0 Å². The van der Waals surface area contributed by atoms with E-state index < -0.39 is 10.0 Å². The number of aromatic nitrogens is 4. The van der Waals surface area contributed by atoms with Crippen molar-refractivity contribution in [3.8, 4) is 0 Å². The molecule has 7 nitrogen and oxygen atoms in total. The van der Waals surface area contributed by atoms with Gasteiger partial charge in [-0.2, -0.15) is 5.21 Å². The van der Waals surface area contributed by atoms with Gasteiger partial charge >= 0.3 is 0 Å². The number of rotatable bonds is 4. The quantitative estimate of drug-likeness (QED) is 0.638. The van der Waals surface area contributed by atoms with Gasteiger partial charge in [-0.3, -0.25) is 0 Å². The van der Waals surface area contributed by atoms with Crippen LogP contribution in [-0.2, 0) is 16.6 Å². The largest absolute Gasteiger partial charge is 0.242 e. The van der Waals surface area contributed by atoms with E-state index in [4.69, 9.17) is 17.4 Å². The molecule has 1 aromatic heterocycles. The van der Waals surface area contributed by atoms with Crippen molar-refractivity contribution in [1.82, 2.24) is 20.2 Å². The number of hydrogen-bond donors (Lipinski definition) is 2. The van der Waals surface area contributed by atoms with Crippen LogP contribution < -0.4 is 5.14 Å². The Kier molecular flexibility index (Phi) is 3.12. The summed E-state index contributed by atoms with van der Waals surface area (Å²) in [6.45, 7) is 0.419. The first-order valence-corrected chi connectivity index (χ1v) is 5.60. The van der Waals surface area contributed by atoms with Crippen LogP contribution in [0.2, 0.25) is 0 Å². The summed E-state index contributed by atoms with van der Waals surface area (Å²) in [5, 5.41) is 14.3. The van der Waals surface area contributed by atoms with Crippen molar-refractivity contribution in [2.45, 2.75) is 13.0 Å². The number of primary sulfonamides is 1. The van der Waals surface area contributed by atoms with Gasteiger partial charge in [0.05, 0.1) is 5.75 Å². The summed E-state index contributed by atoms with van der Waals surface area (Å²) in [5.74, 6) is -0.0756. The lowest BCUT2D eigenvalue weighted by Gasteiger charge is -1.98. The van der Waals surface area contributed by atoms with E-state index in [1.165, 1.54) is 4.68 Å². The standard InChI is InChI=1S/C4H9N5O2S2/c5-13(10,11)3-1-2-9-4(12)6-7-8-9/h1-3H2,(H2,5,10,11)(H,6,8,12). The Morgan fingerprint density at radius 1 is 1.62 bits per heavy atom. The van der Waals surface area contributed by atoms with Crippen molar-refractivity contribution < 1.29 is 8.42 Å². The molecule has 0 aromatic carbocycles. The molecule has 1 aromatic rings. The Labute approximate surface area is 80.0 Å². The van der Waals surface area contributed by atoms with Crippen LogP contribution in [0.3, 0.4) is 0 Å². The monoisotopic (exact) mass is 223 g/mol. The van der Waals surface area contributed by atoms with Crippen LogP contribution in [-0.4, -0.2) is 34.4 Å². The zero-order valence-electron chi connectivity index (χ0n) is 6.67. The summed E-state index contributed by atoms with van der Waals surface area (Å²) in [4.78, 5) is 0. The third-order valence-corrected chi connectivity index (χ3v) is 2.50. The van der Waals surface area contributed by atoms with Crippen LogP contribution in [0.25, 0.3) is 0 Å². The molecule has 0 amide bonds. The molecular formula is C4H9N5O2S2. The molecule has 0 aliphatic carbocycles. The normalized spacial score (nSPS) is 11.8. The van der Waals surface area contributed by atoms with Gasteiger partial charge in [0.1, 0.15) is 0 Å². The number of nitrogens with one attached hydrogen (secondary N) is 1. The number of H-pyrrole nitrogens is 1. The zero-order chi connectivity index (χ0) is 9.90. The minimum Gasteiger partial charge on any atom is -0.242 e. The molecule has 0 saturated carbocycles. The Morgan fingerprint density at radius 3 is 2.77 bits per heavy atom. The Morgan fingerprint density at radius 2 is 2.31 bits per heavy atom. The summed E-state index contributed by atoms with van der Waals surface area (Å²) < 4.78 is 22.9.